The largest absolute Gasteiger partial charge is 0.359 e. The Morgan fingerprint density at radius 2 is 2.50 bits per heavy atom. The number of rotatable bonds is 5. The highest BCUT2D eigenvalue weighted by Gasteiger charge is 2.00. The average Bonchev–Trinajstić information content (AvgIpc) is 1.88. The van der Waals surface area contributed by atoms with Crippen molar-refractivity contribution in [2.45, 2.75) is 19.4 Å². The Balaban J connectivity index is 3.30. The molecule has 3 nitrogen and oxygen atoms in total. The molecule has 0 radical (unpaired) electrons. The van der Waals surface area contributed by atoms with Gasteiger partial charge in [-0.3, -0.25) is 4.79 Å². The molecule has 58 valence electrons. The van der Waals surface area contributed by atoms with Gasteiger partial charge in [0, 0.05) is 12.6 Å². The lowest BCUT2D eigenvalue weighted by molar-refractivity contribution is -0.109. The maximum absolute atomic E-state index is 9.78. The number of carbonyl (C=O) groups is 1. The van der Waals surface area contributed by atoms with Crippen molar-refractivity contribution in [1.82, 2.24) is 5.32 Å². The lowest BCUT2D eigenvalue weighted by atomic mass is 10.1. The summed E-state index contributed by atoms with van der Waals surface area (Å²) in [7, 11) is 0. The lowest BCUT2D eigenvalue weighted by Crippen LogP contribution is -2.26. The third kappa shape index (κ3) is 4.09. The lowest BCUT2D eigenvalue weighted by Gasteiger charge is -2.09. The fourth-order valence-electron chi connectivity index (χ4n) is 0.544. The molecule has 1 atom stereocenters. The molecule has 10 heavy (non-hydrogen) atoms. The third-order valence-electron chi connectivity index (χ3n) is 1.32. The van der Waals surface area contributed by atoms with Crippen molar-refractivity contribution in [3.05, 3.63) is 12.2 Å². The predicted molar refractivity (Wildman–Crippen MR) is 41.5 cm³/mol. The smallest absolute Gasteiger partial charge is 0.207 e. The molecule has 0 aromatic carbocycles. The van der Waals surface area contributed by atoms with Crippen molar-refractivity contribution in [3.63, 3.8) is 0 Å². The van der Waals surface area contributed by atoms with Gasteiger partial charge in [-0.15, -0.1) is 0 Å². The Morgan fingerprint density at radius 1 is 1.90 bits per heavy atom. The van der Waals surface area contributed by atoms with Crippen LogP contribution in [0.15, 0.2) is 12.2 Å². The summed E-state index contributed by atoms with van der Waals surface area (Å²) in [5.74, 6) is 0. The molecule has 0 aromatic heterocycles. The first-order chi connectivity index (χ1) is 4.68. The van der Waals surface area contributed by atoms with Gasteiger partial charge in [0.15, 0.2) is 0 Å². The number of nitrogens with two attached hydrogens (primary N) is 1. The standard InChI is InChI=1S/C7H14N2O/c1-6(2)7(8)3-4-9-5-10/h5,7H,1,3-4,8H2,2H3,(H,9,10). The zero-order chi connectivity index (χ0) is 7.98. The second-order valence-corrected chi connectivity index (χ2v) is 2.31. The van der Waals surface area contributed by atoms with E-state index >= 15 is 0 Å². The topological polar surface area (TPSA) is 55.1 Å². The van der Waals surface area contributed by atoms with Crippen LogP contribution in [-0.4, -0.2) is 19.0 Å². The maximum Gasteiger partial charge on any atom is 0.207 e. The van der Waals surface area contributed by atoms with Crippen LogP contribution in [0.25, 0.3) is 0 Å². The van der Waals surface area contributed by atoms with Crippen molar-refractivity contribution in [2.24, 2.45) is 5.73 Å². The minimum atomic E-state index is 0.00690. The van der Waals surface area contributed by atoms with E-state index in [1.54, 1.807) is 0 Å². The van der Waals surface area contributed by atoms with Crippen LogP contribution in [0.5, 0.6) is 0 Å². The van der Waals surface area contributed by atoms with Gasteiger partial charge in [-0.1, -0.05) is 12.2 Å². The van der Waals surface area contributed by atoms with E-state index in [0.717, 1.165) is 12.0 Å². The van der Waals surface area contributed by atoms with E-state index in [1.807, 2.05) is 6.92 Å². The van der Waals surface area contributed by atoms with Crippen molar-refractivity contribution < 1.29 is 4.79 Å². The highest BCUT2D eigenvalue weighted by molar-refractivity contribution is 5.45. The van der Waals surface area contributed by atoms with E-state index in [9.17, 15) is 4.79 Å². The van der Waals surface area contributed by atoms with E-state index in [4.69, 9.17) is 5.73 Å². The maximum atomic E-state index is 9.78. The van der Waals surface area contributed by atoms with Crippen molar-refractivity contribution >= 4 is 6.41 Å². The zero-order valence-electron chi connectivity index (χ0n) is 6.26. The molecule has 1 unspecified atom stereocenters. The van der Waals surface area contributed by atoms with Crippen LogP contribution in [0, 0.1) is 0 Å². The molecular weight excluding hydrogens is 128 g/mol. The molecule has 0 rings (SSSR count). The van der Waals surface area contributed by atoms with Crippen molar-refractivity contribution in [1.29, 1.82) is 0 Å². The molecule has 0 aliphatic rings. The molecule has 0 aliphatic heterocycles. The second kappa shape index (κ2) is 4.99. The van der Waals surface area contributed by atoms with E-state index in [0.29, 0.717) is 13.0 Å². The molecule has 0 heterocycles. The molecule has 0 aliphatic carbocycles. The number of carbonyl (C=O) groups excluding carboxylic acids is 1. The van der Waals surface area contributed by atoms with Gasteiger partial charge in [-0.2, -0.15) is 0 Å². The Labute approximate surface area is 61.3 Å². The summed E-state index contributed by atoms with van der Waals surface area (Å²) >= 11 is 0. The summed E-state index contributed by atoms with van der Waals surface area (Å²) in [5.41, 5.74) is 6.55. The van der Waals surface area contributed by atoms with Gasteiger partial charge in [-0.25, -0.2) is 0 Å². The SMILES string of the molecule is C=C(C)C(N)CCNC=O. The monoisotopic (exact) mass is 142 g/mol. The van der Waals surface area contributed by atoms with Gasteiger partial charge in [0.2, 0.25) is 6.41 Å². The van der Waals surface area contributed by atoms with Gasteiger partial charge in [0.05, 0.1) is 0 Å². The number of hydrogen-bond acceptors (Lipinski definition) is 2. The van der Waals surface area contributed by atoms with E-state index in [1.165, 1.54) is 0 Å². The fourth-order valence-corrected chi connectivity index (χ4v) is 0.544. The fraction of sp³-hybridized carbons (Fsp3) is 0.571. The van der Waals surface area contributed by atoms with Crippen LogP contribution < -0.4 is 11.1 Å². The third-order valence-corrected chi connectivity index (χ3v) is 1.32. The Hall–Kier alpha value is -0.830. The van der Waals surface area contributed by atoms with Crippen LogP contribution in [0.4, 0.5) is 0 Å². The van der Waals surface area contributed by atoms with Crippen LogP contribution in [0.3, 0.4) is 0 Å². The number of nitrogens with one attached hydrogen (secondary N) is 1. The molecule has 0 spiro atoms. The summed E-state index contributed by atoms with van der Waals surface area (Å²) in [5, 5.41) is 2.53. The highest BCUT2D eigenvalue weighted by Crippen LogP contribution is 1.97. The molecule has 0 fully saturated rings. The van der Waals surface area contributed by atoms with E-state index in [2.05, 4.69) is 11.9 Å². The molecule has 1 amide bonds. The van der Waals surface area contributed by atoms with Crippen LogP contribution in [0.2, 0.25) is 0 Å². The Morgan fingerprint density at radius 3 is 2.90 bits per heavy atom. The second-order valence-electron chi connectivity index (χ2n) is 2.31. The summed E-state index contributed by atoms with van der Waals surface area (Å²) in [6.45, 7) is 6.20. The van der Waals surface area contributed by atoms with Crippen molar-refractivity contribution in [2.75, 3.05) is 6.54 Å². The van der Waals surface area contributed by atoms with Crippen molar-refractivity contribution in [3.8, 4) is 0 Å². The summed E-state index contributed by atoms with van der Waals surface area (Å²) < 4.78 is 0. The van der Waals surface area contributed by atoms with E-state index < -0.39 is 0 Å². The summed E-state index contributed by atoms with van der Waals surface area (Å²) in [4.78, 5) is 9.78. The first-order valence-electron chi connectivity index (χ1n) is 3.26. The van der Waals surface area contributed by atoms with Crippen LogP contribution in [0.1, 0.15) is 13.3 Å². The summed E-state index contributed by atoms with van der Waals surface area (Å²) in [6.07, 6.45) is 1.43. The normalized spacial score (nSPS) is 12.2. The molecular formula is C7H14N2O. The molecule has 3 N–H and O–H groups in total. The zero-order valence-corrected chi connectivity index (χ0v) is 6.26. The van der Waals surface area contributed by atoms with Gasteiger partial charge < -0.3 is 11.1 Å². The average molecular weight is 142 g/mol. The van der Waals surface area contributed by atoms with Gasteiger partial charge in [-0.05, 0) is 13.3 Å². The van der Waals surface area contributed by atoms with E-state index in [-0.39, 0.29) is 6.04 Å². The first kappa shape index (κ1) is 9.17. The molecule has 0 saturated carbocycles. The van der Waals surface area contributed by atoms with Crippen LogP contribution >= 0.6 is 0 Å². The first-order valence-corrected chi connectivity index (χ1v) is 3.26. The molecule has 0 bridgehead atoms. The minimum absolute atomic E-state index is 0.00690. The molecule has 0 aromatic rings. The van der Waals surface area contributed by atoms with Gasteiger partial charge in [0.25, 0.3) is 0 Å². The highest BCUT2D eigenvalue weighted by atomic mass is 16.1. The minimum Gasteiger partial charge on any atom is -0.359 e. The Kier molecular flexibility index (Phi) is 4.58. The predicted octanol–water partition coefficient (Wildman–Crippen LogP) is 0.0259. The quantitative estimate of drug-likeness (QED) is 0.323. The number of hydrogen-bond donors (Lipinski definition) is 2. The summed E-state index contributed by atoms with van der Waals surface area (Å²) in [6, 6.07) is 0.00690. The molecule has 3 heteroatoms. The van der Waals surface area contributed by atoms with Gasteiger partial charge >= 0.3 is 0 Å². The Bertz CT molecular complexity index is 123. The van der Waals surface area contributed by atoms with Crippen LogP contribution in [-0.2, 0) is 4.79 Å². The molecule has 0 saturated heterocycles. The number of amides is 1. The van der Waals surface area contributed by atoms with Gasteiger partial charge in [0.1, 0.15) is 0 Å².